The van der Waals surface area contributed by atoms with Gasteiger partial charge in [-0.15, -0.1) is 0 Å². The molecule has 20 heavy (non-hydrogen) atoms. The monoisotopic (exact) mass is 282 g/mol. The molecular weight excluding hydrogens is 260 g/mol. The Morgan fingerprint density at radius 2 is 2.15 bits per heavy atom. The Hall–Kier alpha value is -1.85. The maximum absolute atomic E-state index is 11.7. The Labute approximate surface area is 119 Å². The van der Waals surface area contributed by atoms with Gasteiger partial charge in [0.1, 0.15) is 0 Å². The Bertz CT molecular complexity index is 379. The van der Waals surface area contributed by atoms with Crippen molar-refractivity contribution in [3.05, 3.63) is 12.2 Å². The van der Waals surface area contributed by atoms with Crippen LogP contribution >= 0.6 is 0 Å². The molecule has 1 heterocycles. The van der Waals surface area contributed by atoms with Gasteiger partial charge in [0, 0.05) is 26.1 Å². The molecule has 0 bridgehead atoms. The van der Waals surface area contributed by atoms with E-state index < -0.39 is 0 Å². The van der Waals surface area contributed by atoms with Gasteiger partial charge in [-0.1, -0.05) is 12.5 Å². The summed E-state index contributed by atoms with van der Waals surface area (Å²) in [5, 5.41) is 2.69. The number of hydrogen-bond donors (Lipinski definition) is 1. The summed E-state index contributed by atoms with van der Waals surface area (Å²) in [6.07, 6.45) is 6.52. The van der Waals surface area contributed by atoms with Crippen molar-refractivity contribution in [2.45, 2.75) is 32.1 Å². The van der Waals surface area contributed by atoms with E-state index >= 15 is 0 Å². The van der Waals surface area contributed by atoms with Gasteiger partial charge < -0.3 is 15.0 Å². The molecule has 0 atom stereocenters. The van der Waals surface area contributed by atoms with Gasteiger partial charge in [0.2, 0.25) is 11.8 Å². The minimum atomic E-state index is -0.385. The minimum absolute atomic E-state index is 0.0779. The smallest absolute Gasteiger partial charge is 0.309 e. The molecule has 0 unspecified atom stereocenters. The van der Waals surface area contributed by atoms with Crippen LogP contribution in [-0.2, 0) is 19.1 Å². The summed E-state index contributed by atoms with van der Waals surface area (Å²) >= 11 is 0. The molecule has 1 aliphatic rings. The third-order valence-electron chi connectivity index (χ3n) is 3.13. The summed E-state index contributed by atoms with van der Waals surface area (Å²) in [7, 11) is 1.30. The maximum Gasteiger partial charge on any atom is 0.309 e. The van der Waals surface area contributed by atoms with Crippen molar-refractivity contribution in [3.63, 3.8) is 0 Å². The van der Waals surface area contributed by atoms with Crippen molar-refractivity contribution in [2.24, 2.45) is 0 Å². The van der Waals surface area contributed by atoms with Gasteiger partial charge >= 0.3 is 5.97 Å². The van der Waals surface area contributed by atoms with E-state index in [4.69, 9.17) is 0 Å². The highest BCUT2D eigenvalue weighted by molar-refractivity contribution is 5.88. The van der Waals surface area contributed by atoms with Crippen LogP contribution in [0.2, 0.25) is 0 Å². The van der Waals surface area contributed by atoms with E-state index in [1.165, 1.54) is 19.3 Å². The second-order valence-corrected chi connectivity index (χ2v) is 4.67. The molecule has 1 fully saturated rings. The molecular formula is C14H22N2O4. The second kappa shape index (κ2) is 9.12. The molecule has 1 N–H and O–H groups in total. The van der Waals surface area contributed by atoms with Crippen molar-refractivity contribution in [2.75, 3.05) is 26.7 Å². The molecule has 1 rings (SSSR count). The van der Waals surface area contributed by atoms with Crippen LogP contribution in [0.5, 0.6) is 0 Å². The number of carbonyl (C=O) groups excluding carboxylic acids is 3. The highest BCUT2D eigenvalue weighted by atomic mass is 16.5. The fraction of sp³-hybridized carbons (Fsp3) is 0.643. The van der Waals surface area contributed by atoms with Crippen LogP contribution in [0.25, 0.3) is 0 Å². The first-order valence-electron chi connectivity index (χ1n) is 6.92. The number of hydrogen-bond acceptors (Lipinski definition) is 4. The largest absolute Gasteiger partial charge is 0.469 e. The molecule has 1 aliphatic heterocycles. The lowest BCUT2D eigenvalue weighted by molar-refractivity contribution is -0.139. The van der Waals surface area contributed by atoms with E-state index in [0.29, 0.717) is 19.5 Å². The number of carbonyl (C=O) groups is 3. The summed E-state index contributed by atoms with van der Waals surface area (Å²) < 4.78 is 4.45. The second-order valence-electron chi connectivity index (χ2n) is 4.67. The summed E-state index contributed by atoms with van der Waals surface area (Å²) in [5.74, 6) is -0.488. The van der Waals surface area contributed by atoms with Crippen LogP contribution in [-0.4, -0.2) is 49.4 Å². The summed E-state index contributed by atoms with van der Waals surface area (Å²) in [4.78, 5) is 35.8. The van der Waals surface area contributed by atoms with E-state index in [1.807, 2.05) is 0 Å². The van der Waals surface area contributed by atoms with Crippen LogP contribution in [0.4, 0.5) is 0 Å². The van der Waals surface area contributed by atoms with E-state index in [1.54, 1.807) is 4.90 Å². The summed E-state index contributed by atoms with van der Waals surface area (Å²) in [6.45, 7) is 1.73. The van der Waals surface area contributed by atoms with Crippen molar-refractivity contribution >= 4 is 17.8 Å². The molecule has 112 valence electrons. The SMILES string of the molecule is COC(=O)C/C=C\C(=O)NCCN1CCCCCC1=O. The van der Waals surface area contributed by atoms with Gasteiger partial charge in [-0.05, 0) is 18.9 Å². The Morgan fingerprint density at radius 3 is 2.90 bits per heavy atom. The highest BCUT2D eigenvalue weighted by Crippen LogP contribution is 2.10. The van der Waals surface area contributed by atoms with Crippen molar-refractivity contribution in [3.8, 4) is 0 Å². The van der Waals surface area contributed by atoms with E-state index in [2.05, 4.69) is 10.1 Å². The topological polar surface area (TPSA) is 75.7 Å². The van der Waals surface area contributed by atoms with Crippen LogP contribution in [0.1, 0.15) is 32.1 Å². The number of nitrogens with one attached hydrogen (secondary N) is 1. The average Bonchev–Trinajstić information content (AvgIpc) is 2.64. The molecule has 0 aliphatic carbocycles. The zero-order chi connectivity index (χ0) is 14.8. The van der Waals surface area contributed by atoms with Crippen LogP contribution in [0.15, 0.2) is 12.2 Å². The van der Waals surface area contributed by atoms with Crippen LogP contribution in [0.3, 0.4) is 0 Å². The first-order valence-corrected chi connectivity index (χ1v) is 6.92. The first kappa shape index (κ1) is 16.2. The molecule has 0 radical (unpaired) electrons. The third-order valence-corrected chi connectivity index (χ3v) is 3.13. The quantitative estimate of drug-likeness (QED) is 0.572. The van der Waals surface area contributed by atoms with E-state index in [0.717, 1.165) is 25.8 Å². The average molecular weight is 282 g/mol. The van der Waals surface area contributed by atoms with Gasteiger partial charge in [-0.2, -0.15) is 0 Å². The number of amides is 2. The molecule has 0 spiro atoms. The summed E-state index contributed by atoms with van der Waals surface area (Å²) in [5.41, 5.74) is 0. The lowest BCUT2D eigenvalue weighted by Crippen LogP contribution is -2.37. The maximum atomic E-state index is 11.7. The molecule has 6 heteroatoms. The van der Waals surface area contributed by atoms with Gasteiger partial charge in [0.25, 0.3) is 0 Å². The fourth-order valence-corrected chi connectivity index (χ4v) is 1.99. The van der Waals surface area contributed by atoms with Gasteiger partial charge in [0.15, 0.2) is 0 Å². The predicted molar refractivity (Wildman–Crippen MR) is 73.8 cm³/mol. The minimum Gasteiger partial charge on any atom is -0.469 e. The molecule has 0 saturated carbocycles. The van der Waals surface area contributed by atoms with Gasteiger partial charge in [-0.25, -0.2) is 0 Å². The number of ether oxygens (including phenoxy) is 1. The fourth-order valence-electron chi connectivity index (χ4n) is 1.99. The summed E-state index contributed by atoms with van der Waals surface area (Å²) in [6, 6.07) is 0. The highest BCUT2D eigenvalue weighted by Gasteiger charge is 2.15. The standard InChI is InChI=1S/C14H22N2O4/c1-20-14(19)8-5-6-12(17)15-9-11-16-10-4-2-3-7-13(16)18/h5-6H,2-4,7-11H2,1H3,(H,15,17)/b6-5-. The van der Waals surface area contributed by atoms with Crippen molar-refractivity contribution < 1.29 is 19.1 Å². The zero-order valence-electron chi connectivity index (χ0n) is 11.9. The Morgan fingerprint density at radius 1 is 1.35 bits per heavy atom. The molecule has 6 nitrogen and oxygen atoms in total. The zero-order valence-corrected chi connectivity index (χ0v) is 11.9. The normalized spacial score (nSPS) is 16.1. The number of methoxy groups -OCH3 is 1. The molecule has 2 amide bonds. The predicted octanol–water partition coefficient (Wildman–Crippen LogP) is 0.624. The lowest BCUT2D eigenvalue weighted by atomic mass is 10.2. The number of likely N-dealkylation sites (tertiary alicyclic amines) is 1. The Kier molecular flexibility index (Phi) is 7.39. The van der Waals surface area contributed by atoms with Gasteiger partial charge in [0.05, 0.1) is 13.5 Å². The molecule has 0 aromatic rings. The number of rotatable bonds is 6. The van der Waals surface area contributed by atoms with Crippen LogP contribution in [0, 0.1) is 0 Å². The number of nitrogens with zero attached hydrogens (tertiary/aromatic N) is 1. The van der Waals surface area contributed by atoms with E-state index in [9.17, 15) is 14.4 Å². The third kappa shape index (κ3) is 6.36. The molecule has 0 aromatic carbocycles. The van der Waals surface area contributed by atoms with Crippen molar-refractivity contribution in [1.82, 2.24) is 10.2 Å². The molecule has 1 saturated heterocycles. The lowest BCUT2D eigenvalue weighted by Gasteiger charge is -2.20. The van der Waals surface area contributed by atoms with Crippen LogP contribution < -0.4 is 5.32 Å². The van der Waals surface area contributed by atoms with Crippen molar-refractivity contribution in [1.29, 1.82) is 0 Å². The van der Waals surface area contributed by atoms with Gasteiger partial charge in [-0.3, -0.25) is 14.4 Å². The first-order chi connectivity index (χ1) is 9.63. The van der Waals surface area contributed by atoms with E-state index in [-0.39, 0.29) is 24.2 Å². The Balaban J connectivity index is 2.20. The molecule has 0 aromatic heterocycles. The number of esters is 1.